The first-order valence-electron chi connectivity index (χ1n) is 13.3. The predicted octanol–water partition coefficient (Wildman–Crippen LogP) is 9.13. The Hall–Kier alpha value is -5.15. The molecule has 0 unspecified atom stereocenters. The van der Waals surface area contributed by atoms with Crippen LogP contribution in [-0.2, 0) is 7.05 Å². The van der Waals surface area contributed by atoms with E-state index in [0.717, 1.165) is 39.1 Å². The molecule has 39 heavy (non-hydrogen) atoms. The highest BCUT2D eigenvalue weighted by Gasteiger charge is 2.22. The van der Waals surface area contributed by atoms with Crippen molar-refractivity contribution in [3.05, 3.63) is 133 Å². The summed E-state index contributed by atoms with van der Waals surface area (Å²) in [5.74, 6) is 0. The van der Waals surface area contributed by atoms with Crippen LogP contribution in [0.4, 0.5) is 0 Å². The SMILES string of the molecule is Cn1c2ccccc2c2c3nc4c(-c5ccccc5)c(-c5ccccc5)cc(-c5ccccc5)n4c3ccc21. The monoisotopic (exact) mass is 499 g/mol. The molecule has 0 aliphatic carbocycles. The Morgan fingerprint density at radius 3 is 1.85 bits per heavy atom. The molecule has 3 heterocycles. The summed E-state index contributed by atoms with van der Waals surface area (Å²) < 4.78 is 4.64. The molecule has 0 spiro atoms. The molecular weight excluding hydrogens is 474 g/mol. The third kappa shape index (κ3) is 3.20. The van der Waals surface area contributed by atoms with Crippen molar-refractivity contribution >= 4 is 38.5 Å². The van der Waals surface area contributed by atoms with Crippen LogP contribution >= 0.6 is 0 Å². The van der Waals surface area contributed by atoms with Gasteiger partial charge in [-0.05, 0) is 46.5 Å². The van der Waals surface area contributed by atoms with Crippen LogP contribution in [0.15, 0.2) is 133 Å². The first kappa shape index (κ1) is 21.9. The van der Waals surface area contributed by atoms with Crippen LogP contribution in [0, 0.1) is 0 Å². The van der Waals surface area contributed by atoms with Crippen molar-refractivity contribution in [3.63, 3.8) is 0 Å². The Bertz CT molecular complexity index is 2150. The minimum atomic E-state index is 0.969. The summed E-state index contributed by atoms with van der Waals surface area (Å²) in [5.41, 5.74) is 12.5. The van der Waals surface area contributed by atoms with Gasteiger partial charge in [-0.1, -0.05) is 109 Å². The van der Waals surface area contributed by atoms with Gasteiger partial charge in [0.2, 0.25) is 0 Å². The van der Waals surface area contributed by atoms with Crippen LogP contribution in [0.1, 0.15) is 0 Å². The second-order valence-corrected chi connectivity index (χ2v) is 10.1. The number of aryl methyl sites for hydroxylation is 1. The minimum Gasteiger partial charge on any atom is -0.344 e. The fourth-order valence-electron chi connectivity index (χ4n) is 6.15. The van der Waals surface area contributed by atoms with Crippen LogP contribution in [0.25, 0.3) is 72.0 Å². The van der Waals surface area contributed by atoms with Gasteiger partial charge >= 0.3 is 0 Å². The summed E-state index contributed by atoms with van der Waals surface area (Å²) in [6.45, 7) is 0. The zero-order valence-corrected chi connectivity index (χ0v) is 21.5. The lowest BCUT2D eigenvalue weighted by Gasteiger charge is -2.17. The molecule has 0 aliphatic heterocycles. The quantitative estimate of drug-likeness (QED) is 0.238. The molecular formula is C36H25N3. The third-order valence-electron chi connectivity index (χ3n) is 7.93. The van der Waals surface area contributed by atoms with Gasteiger partial charge in [0.05, 0.1) is 22.2 Å². The van der Waals surface area contributed by atoms with Crippen LogP contribution in [0.3, 0.4) is 0 Å². The Morgan fingerprint density at radius 2 is 1.13 bits per heavy atom. The topological polar surface area (TPSA) is 22.2 Å². The standard InChI is InChI=1S/C36H25N3/c1-38-29-20-12-11-19-27(29)34-30(38)21-22-31-35(34)37-36-33(26-17-9-4-10-18-26)28(24-13-5-2-6-14-24)23-32(39(31)36)25-15-7-3-8-16-25/h2-23H,1H3. The molecule has 0 amide bonds. The van der Waals surface area contributed by atoms with E-state index < -0.39 is 0 Å². The Labute approximate surface area is 226 Å². The maximum absolute atomic E-state index is 5.51. The maximum Gasteiger partial charge on any atom is 0.147 e. The number of para-hydroxylation sites is 1. The number of hydrogen-bond donors (Lipinski definition) is 0. The molecule has 3 aromatic heterocycles. The van der Waals surface area contributed by atoms with Gasteiger partial charge < -0.3 is 4.57 Å². The van der Waals surface area contributed by atoms with E-state index in [0.29, 0.717) is 0 Å². The van der Waals surface area contributed by atoms with E-state index in [2.05, 4.69) is 149 Å². The number of fused-ring (bicyclic) bond motifs is 7. The summed E-state index contributed by atoms with van der Waals surface area (Å²) in [7, 11) is 2.14. The van der Waals surface area contributed by atoms with Crippen molar-refractivity contribution in [2.24, 2.45) is 7.05 Å². The average Bonchev–Trinajstić information content (AvgIpc) is 3.53. The lowest BCUT2D eigenvalue weighted by molar-refractivity contribution is 1.01. The van der Waals surface area contributed by atoms with Crippen molar-refractivity contribution in [3.8, 4) is 33.5 Å². The van der Waals surface area contributed by atoms with E-state index in [1.807, 2.05) is 0 Å². The highest BCUT2D eigenvalue weighted by Crippen LogP contribution is 2.42. The van der Waals surface area contributed by atoms with Gasteiger partial charge in [0.25, 0.3) is 0 Å². The lowest BCUT2D eigenvalue weighted by atomic mass is 9.93. The Morgan fingerprint density at radius 1 is 0.538 bits per heavy atom. The van der Waals surface area contributed by atoms with E-state index in [9.17, 15) is 0 Å². The molecule has 0 bridgehead atoms. The second-order valence-electron chi connectivity index (χ2n) is 10.1. The minimum absolute atomic E-state index is 0.969. The Kier molecular flexibility index (Phi) is 4.74. The van der Waals surface area contributed by atoms with E-state index in [4.69, 9.17) is 4.98 Å². The van der Waals surface area contributed by atoms with Gasteiger partial charge in [0.15, 0.2) is 0 Å². The number of nitrogens with zero attached hydrogens (tertiary/aromatic N) is 3. The number of imidazole rings is 1. The first-order chi connectivity index (χ1) is 19.3. The fourth-order valence-corrected chi connectivity index (χ4v) is 6.15. The zero-order chi connectivity index (χ0) is 25.9. The van der Waals surface area contributed by atoms with Crippen molar-refractivity contribution in [1.82, 2.24) is 14.0 Å². The normalized spacial score (nSPS) is 11.7. The van der Waals surface area contributed by atoms with Crippen molar-refractivity contribution in [2.45, 2.75) is 0 Å². The Balaban J connectivity index is 1.63. The predicted molar refractivity (Wildman–Crippen MR) is 163 cm³/mol. The van der Waals surface area contributed by atoms with E-state index in [1.54, 1.807) is 0 Å². The van der Waals surface area contributed by atoms with E-state index in [-0.39, 0.29) is 0 Å². The van der Waals surface area contributed by atoms with Gasteiger partial charge in [0.1, 0.15) is 5.65 Å². The average molecular weight is 500 g/mol. The highest BCUT2D eigenvalue weighted by molar-refractivity contribution is 6.20. The molecule has 0 fully saturated rings. The number of aromatic nitrogens is 3. The van der Waals surface area contributed by atoms with Crippen molar-refractivity contribution in [2.75, 3.05) is 0 Å². The van der Waals surface area contributed by atoms with Gasteiger partial charge in [0, 0.05) is 28.9 Å². The number of rotatable bonds is 3. The summed E-state index contributed by atoms with van der Waals surface area (Å²) in [5, 5.41) is 2.43. The molecule has 5 aromatic carbocycles. The molecule has 0 saturated carbocycles. The maximum atomic E-state index is 5.51. The van der Waals surface area contributed by atoms with Crippen LogP contribution < -0.4 is 0 Å². The number of hydrogen-bond acceptors (Lipinski definition) is 1. The second kappa shape index (κ2) is 8.44. The summed E-state index contributed by atoms with van der Waals surface area (Å²) in [6, 6.07) is 47.5. The molecule has 0 N–H and O–H groups in total. The third-order valence-corrected chi connectivity index (χ3v) is 7.93. The van der Waals surface area contributed by atoms with Crippen LogP contribution in [-0.4, -0.2) is 14.0 Å². The van der Waals surface area contributed by atoms with Gasteiger partial charge in [-0.3, -0.25) is 4.40 Å². The molecule has 0 aliphatic rings. The first-order valence-corrected chi connectivity index (χ1v) is 13.3. The molecule has 3 nitrogen and oxygen atoms in total. The molecule has 3 heteroatoms. The van der Waals surface area contributed by atoms with Crippen molar-refractivity contribution < 1.29 is 0 Å². The van der Waals surface area contributed by atoms with E-state index in [1.165, 1.54) is 32.9 Å². The smallest absolute Gasteiger partial charge is 0.147 e. The molecule has 0 radical (unpaired) electrons. The lowest BCUT2D eigenvalue weighted by Crippen LogP contribution is -1.98. The van der Waals surface area contributed by atoms with Gasteiger partial charge in [-0.2, -0.15) is 0 Å². The molecule has 0 saturated heterocycles. The zero-order valence-electron chi connectivity index (χ0n) is 21.5. The van der Waals surface area contributed by atoms with Crippen LogP contribution in [0.5, 0.6) is 0 Å². The van der Waals surface area contributed by atoms with Gasteiger partial charge in [-0.15, -0.1) is 0 Å². The molecule has 8 rings (SSSR count). The number of benzene rings is 5. The fraction of sp³-hybridized carbons (Fsp3) is 0.0278. The number of pyridine rings is 1. The largest absolute Gasteiger partial charge is 0.344 e. The summed E-state index contributed by atoms with van der Waals surface area (Å²) in [4.78, 5) is 5.51. The van der Waals surface area contributed by atoms with Crippen LogP contribution in [0.2, 0.25) is 0 Å². The van der Waals surface area contributed by atoms with E-state index >= 15 is 0 Å². The molecule has 0 atom stereocenters. The highest BCUT2D eigenvalue weighted by atomic mass is 15.0. The summed E-state index contributed by atoms with van der Waals surface area (Å²) in [6.07, 6.45) is 0. The molecule has 8 aromatic rings. The molecule has 184 valence electrons. The summed E-state index contributed by atoms with van der Waals surface area (Å²) >= 11 is 0. The van der Waals surface area contributed by atoms with Crippen molar-refractivity contribution in [1.29, 1.82) is 0 Å². The van der Waals surface area contributed by atoms with Gasteiger partial charge in [-0.25, -0.2) is 4.98 Å².